The van der Waals surface area contributed by atoms with Gasteiger partial charge in [-0.1, -0.05) is 44.2 Å². The molecule has 13 amide bonds. The number of benzene rings is 1. The molecule has 0 aliphatic carbocycles. The molecular formula is C69H113N25O16S. The fourth-order valence-corrected chi connectivity index (χ4v) is 13.7. The number of nitrogens with zero attached hydrogens (tertiary/aromatic N) is 7. The SMILES string of the molecule is CSCC[C@H](NC(=O)[C@@H]1CCCN1C(=O)CNC(=O)[C@H](CCCN=C(N)N)NC(=O)[C@H](CCCN=C(N)N)NC(=O)[C@H](CO)NC(=O)[C@H](CC(C)C)NC(=O)[C@H](CCCN=C(N)N)NC(=O)[C@@H]1CCCN1C(=O)[C@H](CCCN=C(N)N)NC(=O)[C@@H]1CCC(=O)N1)C(=O)N1CCC[C@H]1C(=O)N[C@@H](Cc1ccccc1)C(=O)O. The van der Waals surface area contributed by atoms with E-state index in [-0.39, 0.29) is 184 Å². The highest BCUT2D eigenvalue weighted by atomic mass is 32.2. The Labute approximate surface area is 647 Å². The first-order valence-electron chi connectivity index (χ1n) is 37.3. The Bertz CT molecular complexity index is 3500. The summed E-state index contributed by atoms with van der Waals surface area (Å²) < 4.78 is 0. The van der Waals surface area contributed by atoms with Gasteiger partial charge in [0.15, 0.2) is 23.8 Å². The summed E-state index contributed by atoms with van der Waals surface area (Å²) in [6, 6.07) is -6.70. The lowest BCUT2D eigenvalue weighted by molar-refractivity contribution is -0.145. The molecule has 5 rings (SSSR count). The van der Waals surface area contributed by atoms with E-state index in [0.717, 1.165) is 0 Å². The number of aliphatic hydroxyl groups excluding tert-OH is 1. The molecule has 0 radical (unpaired) electrons. The molecule has 4 heterocycles. The van der Waals surface area contributed by atoms with Gasteiger partial charge in [-0.3, -0.25) is 82.3 Å². The number of aliphatic carboxylic acids is 1. The van der Waals surface area contributed by atoms with Crippen molar-refractivity contribution < 1.29 is 77.3 Å². The summed E-state index contributed by atoms with van der Waals surface area (Å²) in [6.45, 7) is 2.07. The van der Waals surface area contributed by atoms with Crippen LogP contribution in [0.1, 0.15) is 135 Å². The number of nitrogens with one attached hydrogen (secondary N) is 10. The maximum absolute atomic E-state index is 14.5. The highest BCUT2D eigenvalue weighted by Crippen LogP contribution is 2.25. The van der Waals surface area contributed by atoms with Gasteiger partial charge in [-0.2, -0.15) is 11.8 Å². The summed E-state index contributed by atoms with van der Waals surface area (Å²) in [5.74, 6) is -11.9. The van der Waals surface area contributed by atoms with Crippen molar-refractivity contribution in [3.8, 4) is 0 Å². The molecule has 0 aromatic heterocycles. The van der Waals surface area contributed by atoms with E-state index in [1.165, 1.54) is 26.5 Å². The third-order valence-corrected chi connectivity index (χ3v) is 19.5. The number of carbonyl (C=O) groups excluding carboxylic acids is 13. The van der Waals surface area contributed by atoms with Gasteiger partial charge in [0.25, 0.3) is 0 Å². The van der Waals surface area contributed by atoms with E-state index in [2.05, 4.69) is 73.1 Å². The van der Waals surface area contributed by atoms with Gasteiger partial charge in [0.1, 0.15) is 72.5 Å². The molecule has 111 heavy (non-hydrogen) atoms. The molecule has 0 saturated carbocycles. The summed E-state index contributed by atoms with van der Waals surface area (Å²) >= 11 is 1.41. The minimum Gasteiger partial charge on any atom is -0.480 e. The second-order valence-electron chi connectivity index (χ2n) is 27.9. The minimum absolute atomic E-state index is 0.00177. The lowest BCUT2D eigenvalue weighted by Gasteiger charge is -2.31. The molecule has 4 aliphatic rings. The number of rotatable bonds is 46. The van der Waals surface area contributed by atoms with Crippen LogP contribution in [-0.2, 0) is 73.5 Å². The van der Waals surface area contributed by atoms with Gasteiger partial charge in [-0.15, -0.1) is 0 Å². The quantitative estimate of drug-likeness (QED) is 0.0164. The molecule has 41 nitrogen and oxygen atoms in total. The molecule has 4 saturated heterocycles. The number of hydrogen-bond acceptors (Lipinski definition) is 20. The molecular weight excluding hydrogens is 1470 g/mol. The molecule has 4 aliphatic heterocycles. The smallest absolute Gasteiger partial charge is 0.326 e. The zero-order valence-electron chi connectivity index (χ0n) is 63.2. The Morgan fingerprint density at radius 2 is 0.883 bits per heavy atom. The Morgan fingerprint density at radius 3 is 1.32 bits per heavy atom. The summed E-state index contributed by atoms with van der Waals surface area (Å²) in [5.41, 5.74) is 45.1. The number of likely N-dealkylation sites (tertiary alicyclic amines) is 3. The van der Waals surface area contributed by atoms with Crippen LogP contribution in [0.15, 0.2) is 50.3 Å². The normalized spacial score (nSPS) is 18.6. The van der Waals surface area contributed by atoms with Crippen molar-refractivity contribution in [2.45, 2.75) is 208 Å². The van der Waals surface area contributed by atoms with E-state index in [4.69, 9.17) is 45.9 Å². The van der Waals surface area contributed by atoms with E-state index in [9.17, 15) is 77.3 Å². The van der Waals surface area contributed by atoms with Crippen LogP contribution < -0.4 is 99.0 Å². The third-order valence-electron chi connectivity index (χ3n) is 18.9. The van der Waals surface area contributed by atoms with Crippen LogP contribution in [0.5, 0.6) is 0 Å². The molecule has 1 aromatic carbocycles. The van der Waals surface area contributed by atoms with Crippen molar-refractivity contribution in [1.29, 1.82) is 0 Å². The molecule has 42 heteroatoms. The van der Waals surface area contributed by atoms with Crippen molar-refractivity contribution >= 4 is 118 Å². The topological polar surface area (TPSA) is 667 Å². The Morgan fingerprint density at radius 1 is 0.495 bits per heavy atom. The van der Waals surface area contributed by atoms with E-state index in [1.807, 2.05) is 6.26 Å². The summed E-state index contributed by atoms with van der Waals surface area (Å²) in [4.78, 5) is 214. The number of aliphatic imine (C=N–C) groups is 4. The molecule has 0 unspecified atom stereocenters. The van der Waals surface area contributed by atoms with Crippen LogP contribution in [0.4, 0.5) is 0 Å². The minimum atomic E-state index is -1.81. The summed E-state index contributed by atoms with van der Waals surface area (Å²) in [6.07, 6.45) is 3.94. The lowest BCUT2D eigenvalue weighted by atomic mass is 10.0. The van der Waals surface area contributed by atoms with Gasteiger partial charge in [0.2, 0.25) is 76.8 Å². The van der Waals surface area contributed by atoms with Crippen LogP contribution in [-0.4, -0.2) is 275 Å². The first-order chi connectivity index (χ1) is 52.8. The molecule has 4 fully saturated rings. The molecule has 0 spiro atoms. The van der Waals surface area contributed by atoms with Crippen molar-refractivity contribution in [3.63, 3.8) is 0 Å². The van der Waals surface area contributed by atoms with Crippen LogP contribution in [0.3, 0.4) is 0 Å². The fourth-order valence-electron chi connectivity index (χ4n) is 13.2. The second kappa shape index (κ2) is 46.6. The Balaban J connectivity index is 1.29. The maximum Gasteiger partial charge on any atom is 0.326 e. The number of carboxylic acids is 1. The molecule has 616 valence electrons. The molecule has 0 bridgehead atoms. The number of carboxylic acid groups (broad SMARTS) is 1. The maximum atomic E-state index is 14.5. The van der Waals surface area contributed by atoms with Gasteiger partial charge in [0, 0.05) is 58.7 Å². The fraction of sp³-hybridized carbons (Fsp3) is 0.652. The number of guanidine groups is 4. The number of carbonyl (C=O) groups is 14. The van der Waals surface area contributed by atoms with Crippen LogP contribution in [0, 0.1) is 5.92 Å². The standard InChI is InChI=1S/C69H113N25O16S/c1-38(2)34-46(89-56(100)42(18-9-28-80-68(74)75)86-61(105)50-21-12-31-93(50)63(107)44(19-10-29-81-69(76)77)87-57(101)43-23-24-52(96)83-43)58(102)91-48(37-95)59(103)85-41(17-8-27-79-67(72)73)55(99)84-40(16-7-26-78-66(70)71)54(98)82-36-53(97)92-30-11-20-49(92)60(104)88-45(25-33-111-3)64(108)94-32-13-22-51(94)62(106)90-47(65(109)110)35-39-14-5-4-6-15-39/h4-6,14-15,38,40-51,95H,7-13,16-37H2,1-3H3,(H,82,98)(H,83,96)(H,84,99)(H,85,103)(H,86,105)(H,87,101)(H,88,104)(H,89,100)(H,90,106)(H,91,102)(H,109,110)(H4,70,71,78)(H4,72,73,79)(H4,74,75,80)(H4,76,77,81)/t40-,41-,42-,43-,44-,45-,46-,47-,48-,49-,50-,51-/m0/s1. The summed E-state index contributed by atoms with van der Waals surface area (Å²) in [5, 5.41) is 46.9. The highest BCUT2D eigenvalue weighted by molar-refractivity contribution is 7.98. The number of hydrogen-bond donors (Lipinski definition) is 20. The number of nitrogens with two attached hydrogens (primary N) is 8. The largest absolute Gasteiger partial charge is 0.480 e. The third kappa shape index (κ3) is 30.5. The van der Waals surface area contributed by atoms with E-state index >= 15 is 0 Å². The zero-order chi connectivity index (χ0) is 81.9. The average Bonchev–Trinajstić information content (AvgIpc) is 1.73. The van der Waals surface area contributed by atoms with Gasteiger partial charge in [0.05, 0.1) is 13.2 Å². The highest BCUT2D eigenvalue weighted by Gasteiger charge is 2.44. The monoisotopic (exact) mass is 1580 g/mol. The van der Waals surface area contributed by atoms with Crippen molar-refractivity contribution in [3.05, 3.63) is 35.9 Å². The predicted molar refractivity (Wildman–Crippen MR) is 411 cm³/mol. The zero-order valence-corrected chi connectivity index (χ0v) is 64.0. The van der Waals surface area contributed by atoms with Crippen LogP contribution in [0.25, 0.3) is 0 Å². The first-order valence-corrected chi connectivity index (χ1v) is 38.7. The van der Waals surface area contributed by atoms with Crippen LogP contribution >= 0.6 is 11.8 Å². The molecule has 28 N–H and O–H groups in total. The van der Waals surface area contributed by atoms with Crippen molar-refractivity contribution in [2.24, 2.45) is 71.8 Å². The van der Waals surface area contributed by atoms with E-state index in [0.29, 0.717) is 30.6 Å². The van der Waals surface area contributed by atoms with Gasteiger partial charge in [-0.05, 0) is 133 Å². The number of thioether (sulfide) groups is 1. The van der Waals surface area contributed by atoms with Gasteiger partial charge in [-0.25, -0.2) is 4.79 Å². The number of aliphatic hydroxyl groups is 1. The van der Waals surface area contributed by atoms with E-state index < -0.39 is 163 Å². The second-order valence-corrected chi connectivity index (χ2v) is 28.9. The van der Waals surface area contributed by atoms with Crippen LogP contribution in [0.2, 0.25) is 0 Å². The number of amides is 13. The lowest BCUT2D eigenvalue weighted by Crippen LogP contribution is -2.60. The predicted octanol–water partition coefficient (Wildman–Crippen LogP) is -7.43. The molecule has 1 aromatic rings. The van der Waals surface area contributed by atoms with Gasteiger partial charge >= 0.3 is 5.97 Å². The Hall–Kier alpha value is -10.8. The average molecular weight is 1580 g/mol. The van der Waals surface area contributed by atoms with Crippen molar-refractivity contribution in [2.75, 3.05) is 71.0 Å². The Kier molecular flexibility index (Phi) is 38.2. The first kappa shape index (κ1) is 90.8. The molecule has 12 atom stereocenters. The van der Waals surface area contributed by atoms with E-state index in [1.54, 1.807) is 44.2 Å². The summed E-state index contributed by atoms with van der Waals surface area (Å²) in [7, 11) is 0. The van der Waals surface area contributed by atoms with Gasteiger partial charge < -0.3 is 124 Å². The van der Waals surface area contributed by atoms with Crippen molar-refractivity contribution in [1.82, 2.24) is 67.9 Å².